The van der Waals surface area contributed by atoms with E-state index in [4.69, 9.17) is 0 Å². The van der Waals surface area contributed by atoms with Crippen LogP contribution in [0.15, 0.2) is 24.3 Å². The van der Waals surface area contributed by atoms with Crippen LogP contribution in [0.3, 0.4) is 0 Å². The molecule has 1 heterocycles. The topological polar surface area (TPSA) is 24.5 Å². The van der Waals surface area contributed by atoms with Crippen molar-refractivity contribution in [3.8, 4) is 5.75 Å². The first-order chi connectivity index (χ1) is 10.4. The maximum absolute atomic E-state index is 12.1. The Labute approximate surface area is 130 Å². The first-order valence-corrected chi connectivity index (χ1v) is 7.64. The fourth-order valence-corrected chi connectivity index (χ4v) is 2.63. The summed E-state index contributed by atoms with van der Waals surface area (Å²) in [4.78, 5) is 2.20. The van der Waals surface area contributed by atoms with Crippen LogP contribution in [-0.2, 0) is 0 Å². The molecule has 126 valence electrons. The first kappa shape index (κ1) is 18.6. The van der Waals surface area contributed by atoms with E-state index < -0.39 is 6.36 Å². The minimum absolute atomic E-state index is 0.180. The smallest absolute Gasteiger partial charge is 0.406 e. The van der Waals surface area contributed by atoms with E-state index in [1.165, 1.54) is 12.1 Å². The third kappa shape index (κ3) is 5.40. The fraction of sp³-hybridized carbons (Fsp3) is 0.625. The van der Waals surface area contributed by atoms with Crippen LogP contribution in [0.25, 0.3) is 0 Å². The number of rotatable bonds is 4. The molecule has 2 atom stereocenters. The summed E-state index contributed by atoms with van der Waals surface area (Å²) in [7, 11) is 1.93. The van der Waals surface area contributed by atoms with Gasteiger partial charge in [-0.15, -0.1) is 13.2 Å². The molecular weight excluding hydrogens is 293 g/mol. The Kier molecular flexibility index (Phi) is 7.00. The molecule has 3 nitrogen and oxygen atoms in total. The number of hydrogen-bond acceptors (Lipinski definition) is 3. The molecule has 0 spiro atoms. The van der Waals surface area contributed by atoms with E-state index in [2.05, 4.69) is 21.9 Å². The van der Waals surface area contributed by atoms with Crippen molar-refractivity contribution in [3.05, 3.63) is 24.3 Å². The van der Waals surface area contributed by atoms with E-state index in [1.54, 1.807) is 12.1 Å². The fourth-order valence-electron chi connectivity index (χ4n) is 2.63. The van der Waals surface area contributed by atoms with Crippen molar-refractivity contribution in [1.29, 1.82) is 0 Å². The van der Waals surface area contributed by atoms with Crippen LogP contribution >= 0.6 is 0 Å². The monoisotopic (exact) mass is 318 g/mol. The molecule has 1 aromatic carbocycles. The van der Waals surface area contributed by atoms with Gasteiger partial charge in [-0.2, -0.15) is 0 Å². The minimum Gasteiger partial charge on any atom is -0.406 e. The zero-order valence-corrected chi connectivity index (χ0v) is 13.6. The van der Waals surface area contributed by atoms with Crippen molar-refractivity contribution in [2.45, 2.75) is 27.1 Å². The summed E-state index contributed by atoms with van der Waals surface area (Å²) in [5.74, 6) is 0.944. The molecule has 1 fully saturated rings. The van der Waals surface area contributed by atoms with Crippen LogP contribution in [0.2, 0.25) is 0 Å². The van der Waals surface area contributed by atoms with Crippen LogP contribution in [0.4, 0.5) is 18.9 Å². The van der Waals surface area contributed by atoms with Crippen LogP contribution in [-0.4, -0.2) is 33.0 Å². The number of anilines is 1. The van der Waals surface area contributed by atoms with E-state index in [0.29, 0.717) is 11.8 Å². The van der Waals surface area contributed by atoms with Crippen LogP contribution in [0.1, 0.15) is 20.8 Å². The highest BCUT2D eigenvalue weighted by atomic mass is 19.4. The number of nitrogens with zero attached hydrogens (tertiary/aromatic N) is 1. The van der Waals surface area contributed by atoms with Gasteiger partial charge in [0.05, 0.1) is 0 Å². The average Bonchev–Trinajstić information content (AvgIpc) is 2.82. The normalized spacial score (nSPS) is 21.3. The molecule has 0 radical (unpaired) electrons. The number of hydrogen-bond donors (Lipinski definition) is 1. The molecule has 2 unspecified atom stereocenters. The molecule has 1 saturated heterocycles. The Balaban J connectivity index is 0.00000116. The molecule has 0 aliphatic carbocycles. The van der Waals surface area contributed by atoms with Crippen molar-refractivity contribution < 1.29 is 17.9 Å². The zero-order chi connectivity index (χ0) is 16.8. The number of ether oxygens (including phenoxy) is 1. The predicted octanol–water partition coefficient (Wildman–Crippen LogP) is 3.90. The van der Waals surface area contributed by atoms with E-state index >= 15 is 0 Å². The second-order valence-corrected chi connectivity index (χ2v) is 5.24. The van der Waals surface area contributed by atoms with Gasteiger partial charge in [0.15, 0.2) is 0 Å². The summed E-state index contributed by atoms with van der Waals surface area (Å²) in [6, 6.07) is 6.07. The Hall–Kier alpha value is -1.43. The highest BCUT2D eigenvalue weighted by Gasteiger charge is 2.32. The van der Waals surface area contributed by atoms with E-state index in [1.807, 2.05) is 20.9 Å². The van der Waals surface area contributed by atoms with Crippen molar-refractivity contribution in [2.24, 2.45) is 11.8 Å². The molecule has 0 bridgehead atoms. The summed E-state index contributed by atoms with van der Waals surface area (Å²) in [5, 5.41) is 3.18. The van der Waals surface area contributed by atoms with Gasteiger partial charge in [-0.25, -0.2) is 0 Å². The van der Waals surface area contributed by atoms with Gasteiger partial charge in [-0.1, -0.05) is 20.8 Å². The van der Waals surface area contributed by atoms with Crippen LogP contribution in [0.5, 0.6) is 5.75 Å². The maximum atomic E-state index is 12.1. The molecule has 0 saturated carbocycles. The average molecular weight is 318 g/mol. The lowest BCUT2D eigenvalue weighted by molar-refractivity contribution is -0.274. The van der Waals surface area contributed by atoms with Gasteiger partial charge in [-0.05, 0) is 49.7 Å². The van der Waals surface area contributed by atoms with Crippen molar-refractivity contribution in [3.63, 3.8) is 0 Å². The quantitative estimate of drug-likeness (QED) is 0.911. The summed E-state index contributed by atoms with van der Waals surface area (Å²) in [6.45, 7) is 8.99. The van der Waals surface area contributed by atoms with E-state index in [9.17, 15) is 13.2 Å². The number of benzene rings is 1. The minimum atomic E-state index is -4.64. The Morgan fingerprint density at radius 1 is 1.18 bits per heavy atom. The molecule has 0 amide bonds. The van der Waals surface area contributed by atoms with Gasteiger partial charge in [0.25, 0.3) is 0 Å². The number of nitrogens with one attached hydrogen (secondary N) is 1. The van der Waals surface area contributed by atoms with Gasteiger partial charge in [0.1, 0.15) is 5.75 Å². The van der Waals surface area contributed by atoms with Gasteiger partial charge < -0.3 is 15.0 Å². The summed E-state index contributed by atoms with van der Waals surface area (Å²) < 4.78 is 40.1. The van der Waals surface area contributed by atoms with Crippen molar-refractivity contribution >= 4 is 5.69 Å². The molecule has 1 aliphatic heterocycles. The van der Waals surface area contributed by atoms with Crippen LogP contribution in [0, 0.1) is 11.8 Å². The Bertz CT molecular complexity index is 434. The molecular formula is C16H25F3N2O. The van der Waals surface area contributed by atoms with Gasteiger partial charge in [0.2, 0.25) is 0 Å². The van der Waals surface area contributed by atoms with Gasteiger partial charge in [0, 0.05) is 18.8 Å². The van der Waals surface area contributed by atoms with Gasteiger partial charge in [-0.3, -0.25) is 0 Å². The number of alkyl halides is 3. The molecule has 1 N–H and O–H groups in total. The summed E-state index contributed by atoms with van der Waals surface area (Å²) >= 11 is 0. The third-order valence-electron chi connectivity index (χ3n) is 3.67. The SMILES string of the molecule is CC.CNCC1CN(c2ccc(OC(F)(F)F)cc2)CC1C. The lowest BCUT2D eigenvalue weighted by Gasteiger charge is -2.19. The van der Waals surface area contributed by atoms with Crippen molar-refractivity contribution in [2.75, 3.05) is 31.6 Å². The highest BCUT2D eigenvalue weighted by Crippen LogP contribution is 2.30. The third-order valence-corrected chi connectivity index (χ3v) is 3.67. The van der Waals surface area contributed by atoms with Crippen molar-refractivity contribution in [1.82, 2.24) is 5.32 Å². The Morgan fingerprint density at radius 3 is 2.27 bits per heavy atom. The maximum Gasteiger partial charge on any atom is 0.573 e. The second-order valence-electron chi connectivity index (χ2n) is 5.24. The largest absolute Gasteiger partial charge is 0.573 e. The second kappa shape index (κ2) is 8.27. The summed E-state index contributed by atoms with van der Waals surface area (Å²) in [5.41, 5.74) is 0.935. The zero-order valence-electron chi connectivity index (χ0n) is 13.6. The Morgan fingerprint density at radius 2 is 1.77 bits per heavy atom. The molecule has 1 aliphatic rings. The lowest BCUT2D eigenvalue weighted by Crippen LogP contribution is -2.25. The predicted molar refractivity (Wildman–Crippen MR) is 83.3 cm³/mol. The highest BCUT2D eigenvalue weighted by molar-refractivity contribution is 5.50. The molecule has 1 aromatic rings. The molecule has 22 heavy (non-hydrogen) atoms. The molecule has 2 rings (SSSR count). The standard InChI is InChI=1S/C14H19F3N2O.C2H6/c1-10-8-19(9-11(10)7-18-2)12-3-5-13(6-4-12)20-14(15,16)17;1-2/h3-6,10-11,18H,7-9H2,1-2H3;1-2H3. The first-order valence-electron chi connectivity index (χ1n) is 7.64. The van der Waals surface area contributed by atoms with Gasteiger partial charge >= 0.3 is 6.36 Å². The molecule has 6 heteroatoms. The van der Waals surface area contributed by atoms with Crippen LogP contribution < -0.4 is 15.0 Å². The number of halogens is 3. The van der Waals surface area contributed by atoms with E-state index in [0.717, 1.165) is 25.3 Å². The summed E-state index contributed by atoms with van der Waals surface area (Å²) in [6.07, 6.45) is -4.64. The lowest BCUT2D eigenvalue weighted by atomic mass is 9.98. The molecule has 0 aromatic heterocycles. The van der Waals surface area contributed by atoms with E-state index in [-0.39, 0.29) is 5.75 Å².